The Labute approximate surface area is 137 Å². The molecule has 1 aliphatic heterocycles. The van der Waals surface area contributed by atoms with Gasteiger partial charge in [0, 0.05) is 37.5 Å². The van der Waals surface area contributed by atoms with Gasteiger partial charge in [-0.1, -0.05) is 0 Å². The first-order valence-electron chi connectivity index (χ1n) is 6.58. The molecular weight excluding hydrogens is 317 g/mol. The van der Waals surface area contributed by atoms with Crippen LogP contribution in [-0.4, -0.2) is 41.5 Å². The summed E-state index contributed by atoms with van der Waals surface area (Å²) in [5, 5.41) is 6.50. The predicted octanol–water partition coefficient (Wildman–Crippen LogP) is 2.44. The fraction of sp³-hybridized carbons (Fsp3) is 0.692. The van der Waals surface area contributed by atoms with E-state index in [0.717, 1.165) is 43.2 Å². The van der Waals surface area contributed by atoms with E-state index >= 15 is 0 Å². The summed E-state index contributed by atoms with van der Waals surface area (Å²) < 4.78 is 0. The number of nitrogens with one attached hydrogen (secondary N) is 1. The third kappa shape index (κ3) is 5.56. The summed E-state index contributed by atoms with van der Waals surface area (Å²) in [6, 6.07) is 0.327. The van der Waals surface area contributed by atoms with Crippen LogP contribution < -0.4 is 5.32 Å². The normalized spacial score (nSPS) is 18.1. The van der Waals surface area contributed by atoms with E-state index in [-0.39, 0.29) is 30.7 Å². The van der Waals surface area contributed by atoms with Crippen LogP contribution in [0.3, 0.4) is 0 Å². The van der Waals surface area contributed by atoms with Crippen molar-refractivity contribution in [3.63, 3.8) is 0 Å². The van der Waals surface area contributed by atoms with E-state index in [1.165, 1.54) is 0 Å². The monoisotopic (exact) mass is 339 g/mol. The molecule has 0 radical (unpaired) electrons. The second-order valence-corrected chi connectivity index (χ2v) is 5.91. The first-order chi connectivity index (χ1) is 8.66. The van der Waals surface area contributed by atoms with Crippen molar-refractivity contribution in [3.8, 4) is 0 Å². The van der Waals surface area contributed by atoms with E-state index in [1.807, 2.05) is 11.8 Å². The SMILES string of the molecule is Cc1nc(CCCC(=O)N2CCNCC2C)cs1.Cl.Cl. The molecule has 0 saturated carbocycles. The van der Waals surface area contributed by atoms with E-state index in [9.17, 15) is 4.79 Å². The zero-order chi connectivity index (χ0) is 13.0. The molecule has 0 aliphatic carbocycles. The Balaban J connectivity index is 0.00000180. The van der Waals surface area contributed by atoms with Crippen LogP contribution in [0.4, 0.5) is 0 Å². The van der Waals surface area contributed by atoms with Crippen molar-refractivity contribution in [1.82, 2.24) is 15.2 Å². The topological polar surface area (TPSA) is 45.2 Å². The lowest BCUT2D eigenvalue weighted by Gasteiger charge is -2.34. The summed E-state index contributed by atoms with van der Waals surface area (Å²) in [6.45, 7) is 6.80. The number of carbonyl (C=O) groups is 1. The lowest BCUT2D eigenvalue weighted by Crippen LogP contribution is -2.52. The molecule has 116 valence electrons. The summed E-state index contributed by atoms with van der Waals surface area (Å²) >= 11 is 1.68. The van der Waals surface area contributed by atoms with Crippen molar-refractivity contribution < 1.29 is 4.79 Å². The van der Waals surface area contributed by atoms with Gasteiger partial charge in [-0.2, -0.15) is 0 Å². The minimum absolute atomic E-state index is 0. The van der Waals surface area contributed by atoms with Crippen LogP contribution in [0, 0.1) is 6.92 Å². The Morgan fingerprint density at radius 2 is 2.30 bits per heavy atom. The number of halogens is 2. The maximum atomic E-state index is 12.1. The molecule has 1 N–H and O–H groups in total. The summed E-state index contributed by atoms with van der Waals surface area (Å²) in [5.41, 5.74) is 1.12. The van der Waals surface area contributed by atoms with Crippen LogP contribution in [0.1, 0.15) is 30.5 Å². The zero-order valence-corrected chi connectivity index (χ0v) is 14.4. The molecule has 0 aromatic carbocycles. The van der Waals surface area contributed by atoms with Gasteiger partial charge >= 0.3 is 0 Å². The third-order valence-corrected chi connectivity index (χ3v) is 4.13. The molecule has 7 heteroatoms. The lowest BCUT2D eigenvalue weighted by molar-refractivity contribution is -0.134. The minimum Gasteiger partial charge on any atom is -0.337 e. The molecular formula is C13H23Cl2N3OS. The van der Waals surface area contributed by atoms with Gasteiger partial charge in [0.15, 0.2) is 0 Å². The number of rotatable bonds is 4. The second kappa shape index (κ2) is 9.55. The molecule has 1 amide bonds. The van der Waals surface area contributed by atoms with Crippen molar-refractivity contribution >= 4 is 42.1 Å². The third-order valence-electron chi connectivity index (χ3n) is 3.31. The van der Waals surface area contributed by atoms with Gasteiger partial charge < -0.3 is 10.2 Å². The first kappa shape index (κ1) is 19.6. The van der Waals surface area contributed by atoms with E-state index < -0.39 is 0 Å². The largest absolute Gasteiger partial charge is 0.337 e. The fourth-order valence-corrected chi connectivity index (χ4v) is 2.95. The number of thiazole rings is 1. The van der Waals surface area contributed by atoms with E-state index in [1.54, 1.807) is 11.3 Å². The van der Waals surface area contributed by atoms with Gasteiger partial charge in [0.05, 0.1) is 10.7 Å². The summed E-state index contributed by atoms with van der Waals surface area (Å²) in [7, 11) is 0. The van der Waals surface area contributed by atoms with E-state index in [4.69, 9.17) is 0 Å². The Hall–Kier alpha value is -0.360. The van der Waals surface area contributed by atoms with Gasteiger partial charge in [-0.25, -0.2) is 4.98 Å². The Morgan fingerprint density at radius 1 is 1.55 bits per heavy atom. The van der Waals surface area contributed by atoms with Crippen molar-refractivity contribution in [2.45, 2.75) is 39.2 Å². The molecule has 1 aromatic heterocycles. The predicted molar refractivity (Wildman–Crippen MR) is 88.3 cm³/mol. The molecule has 1 saturated heterocycles. The highest BCUT2D eigenvalue weighted by Gasteiger charge is 2.22. The number of hydrogen-bond donors (Lipinski definition) is 1. The highest BCUT2D eigenvalue weighted by Crippen LogP contribution is 2.12. The molecule has 1 fully saturated rings. The number of carbonyl (C=O) groups excluding carboxylic acids is 1. The molecule has 2 rings (SSSR count). The van der Waals surface area contributed by atoms with Crippen molar-refractivity contribution in [1.29, 1.82) is 0 Å². The van der Waals surface area contributed by atoms with E-state index in [2.05, 4.69) is 22.6 Å². The summed E-state index contributed by atoms with van der Waals surface area (Å²) in [4.78, 5) is 18.5. The average Bonchev–Trinajstić information content (AvgIpc) is 2.75. The van der Waals surface area contributed by atoms with Crippen LogP contribution >= 0.6 is 36.2 Å². The first-order valence-corrected chi connectivity index (χ1v) is 7.46. The van der Waals surface area contributed by atoms with Crippen molar-refractivity contribution in [3.05, 3.63) is 16.1 Å². The molecule has 4 nitrogen and oxygen atoms in total. The Kier molecular flexibility index (Phi) is 9.38. The summed E-state index contributed by atoms with van der Waals surface area (Å²) in [5.74, 6) is 0.288. The van der Waals surface area contributed by atoms with Gasteiger partial charge in [0.25, 0.3) is 0 Å². The molecule has 0 spiro atoms. The average molecular weight is 340 g/mol. The lowest BCUT2D eigenvalue weighted by atomic mass is 10.1. The van der Waals surface area contributed by atoms with Crippen molar-refractivity contribution in [2.75, 3.05) is 19.6 Å². The molecule has 0 bridgehead atoms. The van der Waals surface area contributed by atoms with Crippen molar-refractivity contribution in [2.24, 2.45) is 0 Å². The molecule has 1 unspecified atom stereocenters. The standard InChI is InChI=1S/C13H21N3OS.2ClH/c1-10-8-14-6-7-16(10)13(17)5-3-4-12-9-18-11(2)15-12;;/h9-10,14H,3-8H2,1-2H3;2*1H. The van der Waals surface area contributed by atoms with Crippen LogP contribution in [0.5, 0.6) is 0 Å². The molecule has 1 atom stereocenters. The summed E-state index contributed by atoms with van der Waals surface area (Å²) in [6.07, 6.45) is 2.45. The highest BCUT2D eigenvalue weighted by molar-refractivity contribution is 7.09. The number of aryl methyl sites for hydroxylation is 2. The van der Waals surface area contributed by atoms with Crippen LogP contribution in [0.2, 0.25) is 0 Å². The molecule has 1 aromatic rings. The van der Waals surface area contributed by atoms with Gasteiger partial charge in [0.2, 0.25) is 5.91 Å². The number of hydrogen-bond acceptors (Lipinski definition) is 4. The maximum Gasteiger partial charge on any atom is 0.222 e. The Bertz CT molecular complexity index is 414. The number of piperazine rings is 1. The smallest absolute Gasteiger partial charge is 0.222 e. The highest BCUT2D eigenvalue weighted by atomic mass is 35.5. The van der Waals surface area contributed by atoms with Crippen LogP contribution in [0.25, 0.3) is 0 Å². The molecule has 1 aliphatic rings. The molecule has 2 heterocycles. The van der Waals surface area contributed by atoms with Gasteiger partial charge in [-0.15, -0.1) is 36.2 Å². The van der Waals surface area contributed by atoms with Gasteiger partial charge in [-0.05, 0) is 26.7 Å². The Morgan fingerprint density at radius 3 is 2.90 bits per heavy atom. The van der Waals surface area contributed by atoms with Crippen LogP contribution in [0.15, 0.2) is 5.38 Å². The van der Waals surface area contributed by atoms with Gasteiger partial charge in [0.1, 0.15) is 0 Å². The second-order valence-electron chi connectivity index (χ2n) is 4.85. The number of amides is 1. The van der Waals surface area contributed by atoms with Crippen LogP contribution in [-0.2, 0) is 11.2 Å². The maximum absolute atomic E-state index is 12.1. The molecule has 20 heavy (non-hydrogen) atoms. The van der Waals surface area contributed by atoms with E-state index in [0.29, 0.717) is 12.5 Å². The zero-order valence-electron chi connectivity index (χ0n) is 11.9. The number of aromatic nitrogens is 1. The fourth-order valence-electron chi connectivity index (χ4n) is 2.30. The van der Waals surface area contributed by atoms with Gasteiger partial charge in [-0.3, -0.25) is 4.79 Å². The quantitative estimate of drug-likeness (QED) is 0.916. The number of nitrogens with zero attached hydrogens (tertiary/aromatic N) is 2. The minimum atomic E-state index is 0.